The van der Waals surface area contributed by atoms with Gasteiger partial charge < -0.3 is 34.9 Å². The predicted molar refractivity (Wildman–Crippen MR) is 167 cm³/mol. The van der Waals surface area contributed by atoms with Crippen molar-refractivity contribution in [2.45, 2.75) is 18.0 Å². The SMILES string of the molecule is CCOC(=O)N=[S-](=O)c1ccc(Nc2ncc(-c3ccc(NC(=O)Nc4cc(C(F)(F)F)ccc4F)c(F)c3)c(NCCOC)n2)cc1. The summed E-state index contributed by atoms with van der Waals surface area (Å²) < 4.78 is 93.6. The number of carbonyl (C=O) groups is 2. The third kappa shape index (κ3) is 9.58. The molecule has 18 heteroatoms. The second kappa shape index (κ2) is 16.0. The second-order valence-corrected chi connectivity index (χ2v) is 10.7. The molecule has 0 saturated carbocycles. The molecule has 0 aliphatic heterocycles. The van der Waals surface area contributed by atoms with Gasteiger partial charge in [0.1, 0.15) is 17.5 Å². The lowest BCUT2D eigenvalue weighted by molar-refractivity contribution is -0.137. The second-order valence-electron chi connectivity index (χ2n) is 9.53. The number of methoxy groups -OCH3 is 1. The molecule has 0 spiro atoms. The van der Waals surface area contributed by atoms with Gasteiger partial charge in [-0.2, -0.15) is 18.2 Å². The van der Waals surface area contributed by atoms with E-state index in [1.165, 1.54) is 37.6 Å². The lowest BCUT2D eigenvalue weighted by Gasteiger charge is -2.15. The molecule has 254 valence electrons. The summed E-state index contributed by atoms with van der Waals surface area (Å²) in [5.74, 6) is -1.60. The summed E-state index contributed by atoms with van der Waals surface area (Å²) in [4.78, 5) is 32.9. The van der Waals surface area contributed by atoms with Crippen LogP contribution in [-0.4, -0.2) is 49.0 Å². The monoisotopic (exact) mass is 692 g/mol. The Morgan fingerprint density at radius 2 is 1.69 bits per heavy atom. The lowest BCUT2D eigenvalue weighted by atomic mass is 10.1. The number of rotatable bonds is 11. The molecule has 4 rings (SSSR count). The highest BCUT2D eigenvalue weighted by atomic mass is 32.2. The topological polar surface area (TPSA) is 156 Å². The summed E-state index contributed by atoms with van der Waals surface area (Å²) in [7, 11) is -0.459. The van der Waals surface area contributed by atoms with Crippen LogP contribution in [0.4, 0.5) is 60.4 Å². The Kier molecular flexibility index (Phi) is 11.8. The standard InChI is InChI=1S/C30H27F5N7O5S/c1-3-47-29(44)42-48(45)20-8-6-19(7-9-20)38-27-37-16-21(26(41-27)36-12-13-46-2)17-4-11-24(23(32)14-17)39-28(43)40-25-15-18(30(33,34)35)5-10-22(25)31/h4-11,14-16H,3,12-13H2,1-2H3,(H2,39,40,43)(H2,36,37,38,41)/q-1. The summed E-state index contributed by atoms with van der Waals surface area (Å²) >= 11 is 0. The zero-order chi connectivity index (χ0) is 34.8. The first-order valence-corrected chi connectivity index (χ1v) is 15.0. The molecule has 0 saturated heterocycles. The molecule has 1 heterocycles. The van der Waals surface area contributed by atoms with Gasteiger partial charge >= 0.3 is 18.3 Å². The number of hydrogen-bond acceptors (Lipinski definition) is 10. The van der Waals surface area contributed by atoms with Crippen molar-refractivity contribution in [2.75, 3.05) is 48.1 Å². The minimum Gasteiger partial charge on any atom is -0.450 e. The lowest BCUT2D eigenvalue weighted by Crippen LogP contribution is -2.21. The van der Waals surface area contributed by atoms with E-state index in [0.29, 0.717) is 48.2 Å². The van der Waals surface area contributed by atoms with Crippen LogP contribution in [0.15, 0.2) is 76.1 Å². The fourth-order valence-corrected chi connectivity index (χ4v) is 4.63. The van der Waals surface area contributed by atoms with E-state index in [0.717, 1.165) is 6.07 Å². The van der Waals surface area contributed by atoms with E-state index >= 15 is 4.39 Å². The van der Waals surface area contributed by atoms with Gasteiger partial charge in [-0.1, -0.05) is 23.1 Å². The van der Waals surface area contributed by atoms with E-state index in [9.17, 15) is 31.4 Å². The van der Waals surface area contributed by atoms with Gasteiger partial charge in [0.15, 0.2) is 0 Å². The highest BCUT2D eigenvalue weighted by Crippen LogP contribution is 2.33. The minimum atomic E-state index is -4.77. The molecule has 0 aliphatic carbocycles. The normalized spacial score (nSPS) is 11.9. The minimum absolute atomic E-state index is 0.0953. The molecule has 0 radical (unpaired) electrons. The maximum absolute atomic E-state index is 15.1. The van der Waals surface area contributed by atoms with Gasteiger partial charge in [-0.3, -0.25) is 4.36 Å². The number of benzene rings is 3. The van der Waals surface area contributed by atoms with E-state index in [2.05, 4.69) is 35.0 Å². The molecular weight excluding hydrogens is 665 g/mol. The van der Waals surface area contributed by atoms with Crippen LogP contribution in [0.3, 0.4) is 0 Å². The highest BCUT2D eigenvalue weighted by Gasteiger charge is 2.31. The third-order valence-electron chi connectivity index (χ3n) is 6.19. The molecule has 3 amide bonds. The summed E-state index contributed by atoms with van der Waals surface area (Å²) in [6.07, 6.45) is -4.30. The Hall–Kier alpha value is -5.36. The predicted octanol–water partition coefficient (Wildman–Crippen LogP) is 7.55. The molecule has 12 nitrogen and oxygen atoms in total. The first-order chi connectivity index (χ1) is 22.9. The zero-order valence-electron chi connectivity index (χ0n) is 25.2. The summed E-state index contributed by atoms with van der Waals surface area (Å²) in [5, 5.41) is 10.2. The highest BCUT2D eigenvalue weighted by molar-refractivity contribution is 7.75. The van der Waals surface area contributed by atoms with E-state index < -0.39 is 51.8 Å². The fraction of sp³-hybridized carbons (Fsp3) is 0.200. The van der Waals surface area contributed by atoms with Crippen LogP contribution in [0.2, 0.25) is 0 Å². The van der Waals surface area contributed by atoms with Crippen LogP contribution in [0.5, 0.6) is 0 Å². The first kappa shape index (κ1) is 35.5. The summed E-state index contributed by atoms with van der Waals surface area (Å²) in [6, 6.07) is 10.2. The van der Waals surface area contributed by atoms with Crippen molar-refractivity contribution in [3.8, 4) is 11.1 Å². The van der Waals surface area contributed by atoms with E-state index in [1.807, 2.05) is 5.32 Å². The Morgan fingerprint density at radius 1 is 0.958 bits per heavy atom. The summed E-state index contributed by atoms with van der Waals surface area (Å²) in [5.41, 5.74) is -1.09. The molecule has 0 aliphatic rings. The maximum Gasteiger partial charge on any atom is 0.416 e. The van der Waals surface area contributed by atoms with Crippen molar-refractivity contribution in [1.29, 1.82) is 0 Å². The number of halogens is 5. The largest absolute Gasteiger partial charge is 0.450 e. The molecule has 48 heavy (non-hydrogen) atoms. The van der Waals surface area contributed by atoms with Crippen LogP contribution in [0.1, 0.15) is 12.5 Å². The van der Waals surface area contributed by atoms with Crippen LogP contribution in [0.25, 0.3) is 11.1 Å². The molecule has 4 N–H and O–H groups in total. The first-order valence-electron chi connectivity index (χ1n) is 13.9. The van der Waals surface area contributed by atoms with E-state index in [4.69, 9.17) is 4.74 Å². The van der Waals surface area contributed by atoms with Gasteiger partial charge in [0.2, 0.25) is 5.95 Å². The van der Waals surface area contributed by atoms with Crippen LogP contribution in [0, 0.1) is 11.6 Å². The number of aromatic nitrogens is 2. The number of anilines is 5. The molecular formula is C30H27F5N7O5S-. The van der Waals surface area contributed by atoms with E-state index in [1.54, 1.807) is 19.1 Å². The Labute approximate surface area is 272 Å². The van der Waals surface area contributed by atoms with Crippen LogP contribution < -0.4 is 21.3 Å². The van der Waals surface area contributed by atoms with Crippen molar-refractivity contribution in [3.63, 3.8) is 0 Å². The zero-order valence-corrected chi connectivity index (χ0v) is 26.0. The van der Waals surface area contributed by atoms with Gasteiger partial charge in [-0.25, -0.2) is 23.4 Å². The number of urea groups is 1. The molecule has 4 aromatic rings. The number of nitrogens with zero attached hydrogens (tertiary/aromatic N) is 3. The molecule has 1 aromatic heterocycles. The number of hydrogen-bond donors (Lipinski definition) is 4. The molecule has 0 atom stereocenters. The van der Waals surface area contributed by atoms with Crippen molar-refractivity contribution >= 4 is 51.5 Å². The number of alkyl halides is 3. The van der Waals surface area contributed by atoms with Crippen molar-refractivity contribution in [3.05, 3.63) is 84.1 Å². The quantitative estimate of drug-likeness (QED) is 0.0708. The van der Waals surface area contributed by atoms with Crippen molar-refractivity contribution in [2.24, 2.45) is 4.36 Å². The van der Waals surface area contributed by atoms with E-state index in [-0.39, 0.29) is 29.0 Å². The Balaban J connectivity index is 1.51. The molecule has 0 bridgehead atoms. The molecule has 3 aromatic carbocycles. The number of ether oxygens (including phenoxy) is 2. The average molecular weight is 693 g/mol. The number of carbonyl (C=O) groups excluding carboxylic acids is 2. The van der Waals surface area contributed by atoms with Gasteiger partial charge in [0.25, 0.3) is 0 Å². The molecule has 0 unspecified atom stereocenters. The van der Waals surface area contributed by atoms with Crippen molar-refractivity contribution < 1.29 is 45.2 Å². The Bertz CT molecular complexity index is 1870. The average Bonchev–Trinajstić information content (AvgIpc) is 3.03. The number of amides is 3. The van der Waals surface area contributed by atoms with Gasteiger partial charge in [0.05, 0.1) is 30.2 Å². The maximum atomic E-state index is 15.1. The van der Waals surface area contributed by atoms with Crippen LogP contribution in [-0.2, 0) is 30.5 Å². The smallest absolute Gasteiger partial charge is 0.416 e. The van der Waals surface area contributed by atoms with Gasteiger partial charge in [-0.05, 0) is 55.0 Å². The Morgan fingerprint density at radius 3 is 2.35 bits per heavy atom. The van der Waals surface area contributed by atoms with Crippen LogP contribution >= 0.6 is 0 Å². The van der Waals surface area contributed by atoms with Crippen molar-refractivity contribution in [1.82, 2.24) is 9.97 Å². The fourth-order valence-electron chi connectivity index (χ4n) is 3.97. The third-order valence-corrected chi connectivity index (χ3v) is 7.19. The number of nitrogens with one attached hydrogen (secondary N) is 4. The van der Waals surface area contributed by atoms with Gasteiger partial charge in [-0.15, -0.1) is 10.6 Å². The summed E-state index contributed by atoms with van der Waals surface area (Å²) in [6.45, 7) is 2.32. The molecule has 0 fully saturated rings. The van der Waals surface area contributed by atoms with Gasteiger partial charge in [0, 0.05) is 31.1 Å².